The molecule has 7 heteroatoms. The van der Waals surface area contributed by atoms with Gasteiger partial charge in [0.1, 0.15) is 6.54 Å². The van der Waals surface area contributed by atoms with Crippen molar-refractivity contribution < 1.29 is 14.3 Å². The number of benzene rings is 3. The lowest BCUT2D eigenvalue weighted by Crippen LogP contribution is -2.29. The van der Waals surface area contributed by atoms with Crippen LogP contribution >= 0.6 is 31.9 Å². The molecule has 0 aliphatic carbocycles. The third kappa shape index (κ3) is 6.17. The molecule has 0 aliphatic rings. The molecule has 1 amide bonds. The van der Waals surface area contributed by atoms with Crippen LogP contribution in [0.5, 0.6) is 0 Å². The first-order chi connectivity index (χ1) is 14.0. The Morgan fingerprint density at radius 1 is 0.862 bits per heavy atom. The van der Waals surface area contributed by atoms with E-state index < -0.39 is 11.9 Å². The molecule has 0 fully saturated rings. The molecule has 3 rings (SSSR count). The molecule has 0 unspecified atom stereocenters. The highest BCUT2D eigenvalue weighted by atomic mass is 79.9. The van der Waals surface area contributed by atoms with Gasteiger partial charge in [-0.2, -0.15) is 0 Å². The van der Waals surface area contributed by atoms with Gasteiger partial charge in [-0.25, -0.2) is 0 Å². The molecule has 3 aromatic rings. The zero-order valence-electron chi connectivity index (χ0n) is 15.3. The van der Waals surface area contributed by atoms with Crippen LogP contribution in [0.2, 0.25) is 0 Å². The van der Waals surface area contributed by atoms with Crippen molar-refractivity contribution in [3.05, 3.63) is 87.8 Å². The first kappa shape index (κ1) is 21.1. The molecule has 1 N–H and O–H groups in total. The molecule has 148 valence electrons. The maximum absolute atomic E-state index is 12.4. The third-order valence-electron chi connectivity index (χ3n) is 3.99. The Balaban J connectivity index is 1.61. The molecule has 0 atom stereocenters. The lowest BCUT2D eigenvalue weighted by Gasteiger charge is -2.24. The summed E-state index contributed by atoms with van der Waals surface area (Å²) in [6, 6.07) is 24.5. The summed E-state index contributed by atoms with van der Waals surface area (Å²) >= 11 is 6.74. The van der Waals surface area contributed by atoms with Gasteiger partial charge in [0.15, 0.2) is 6.61 Å². The number of hydrogen-bond donors (Lipinski definition) is 1. The summed E-state index contributed by atoms with van der Waals surface area (Å²) in [5.41, 5.74) is 2.32. The first-order valence-corrected chi connectivity index (χ1v) is 10.4. The van der Waals surface area contributed by atoms with E-state index in [9.17, 15) is 9.59 Å². The Morgan fingerprint density at radius 3 is 2.00 bits per heavy atom. The molecule has 0 aromatic heterocycles. The van der Waals surface area contributed by atoms with Crippen LogP contribution < -0.4 is 10.2 Å². The highest BCUT2D eigenvalue weighted by Gasteiger charge is 2.16. The van der Waals surface area contributed by atoms with Gasteiger partial charge in [-0.15, -0.1) is 0 Å². The fourth-order valence-electron chi connectivity index (χ4n) is 2.65. The standard InChI is InChI=1S/C22H18Br2N2O3/c23-16-11-12-20(19(24)13-16)25-21(27)15-29-22(28)14-26(17-7-3-1-4-8-17)18-9-5-2-6-10-18/h1-13H,14-15H2,(H,25,27). The van der Waals surface area contributed by atoms with E-state index in [1.807, 2.05) is 77.7 Å². The Labute approximate surface area is 185 Å². The summed E-state index contributed by atoms with van der Waals surface area (Å²) < 4.78 is 6.81. The van der Waals surface area contributed by atoms with Gasteiger partial charge in [0.2, 0.25) is 0 Å². The van der Waals surface area contributed by atoms with Crippen LogP contribution in [0.25, 0.3) is 0 Å². The second-order valence-corrected chi connectivity index (χ2v) is 7.86. The van der Waals surface area contributed by atoms with Crippen molar-refractivity contribution in [2.45, 2.75) is 0 Å². The average Bonchev–Trinajstić information content (AvgIpc) is 2.74. The summed E-state index contributed by atoms with van der Waals surface area (Å²) in [7, 11) is 0. The monoisotopic (exact) mass is 516 g/mol. The van der Waals surface area contributed by atoms with E-state index in [0.717, 1.165) is 20.3 Å². The molecule has 29 heavy (non-hydrogen) atoms. The Hall–Kier alpha value is -2.64. The lowest BCUT2D eigenvalue weighted by molar-refractivity contribution is -0.145. The summed E-state index contributed by atoms with van der Waals surface area (Å²) in [4.78, 5) is 26.4. The number of amides is 1. The zero-order valence-corrected chi connectivity index (χ0v) is 18.5. The summed E-state index contributed by atoms with van der Waals surface area (Å²) in [6.07, 6.45) is 0. The second-order valence-electron chi connectivity index (χ2n) is 6.09. The molecule has 0 saturated heterocycles. The van der Waals surface area contributed by atoms with Crippen molar-refractivity contribution in [3.63, 3.8) is 0 Å². The zero-order chi connectivity index (χ0) is 20.6. The van der Waals surface area contributed by atoms with Crippen LogP contribution in [0.4, 0.5) is 17.1 Å². The fraction of sp³-hybridized carbons (Fsp3) is 0.0909. The van der Waals surface area contributed by atoms with Crippen LogP contribution in [-0.2, 0) is 14.3 Å². The predicted octanol–water partition coefficient (Wildman–Crippen LogP) is 5.53. The molecule has 0 heterocycles. The van der Waals surface area contributed by atoms with Gasteiger partial charge in [-0.1, -0.05) is 52.3 Å². The highest BCUT2D eigenvalue weighted by molar-refractivity contribution is 9.11. The minimum atomic E-state index is -0.497. The van der Waals surface area contributed by atoms with Crippen LogP contribution in [0.1, 0.15) is 0 Å². The molecule has 0 spiro atoms. The number of nitrogens with zero attached hydrogens (tertiary/aromatic N) is 1. The molecule has 0 bridgehead atoms. The summed E-state index contributed by atoms with van der Waals surface area (Å²) in [5.74, 6) is -0.907. The number of para-hydroxylation sites is 2. The van der Waals surface area contributed by atoms with Gasteiger partial charge in [0.05, 0.1) is 5.69 Å². The largest absolute Gasteiger partial charge is 0.454 e. The minimum Gasteiger partial charge on any atom is -0.454 e. The average molecular weight is 518 g/mol. The van der Waals surface area contributed by atoms with Crippen LogP contribution in [0.15, 0.2) is 87.8 Å². The number of carbonyl (C=O) groups excluding carboxylic acids is 2. The molecule has 3 aromatic carbocycles. The van der Waals surface area contributed by atoms with Crippen molar-refractivity contribution >= 4 is 60.8 Å². The van der Waals surface area contributed by atoms with E-state index >= 15 is 0 Å². The van der Waals surface area contributed by atoms with E-state index in [0.29, 0.717) is 5.69 Å². The van der Waals surface area contributed by atoms with Crippen molar-refractivity contribution in [2.24, 2.45) is 0 Å². The predicted molar refractivity (Wildman–Crippen MR) is 121 cm³/mol. The van der Waals surface area contributed by atoms with Gasteiger partial charge in [-0.3, -0.25) is 9.59 Å². The number of rotatable bonds is 7. The number of halogens is 2. The molecular formula is C22H18Br2N2O3. The number of carbonyl (C=O) groups is 2. The molecule has 0 radical (unpaired) electrons. The number of ether oxygens (including phenoxy) is 1. The van der Waals surface area contributed by atoms with Crippen molar-refractivity contribution in [2.75, 3.05) is 23.4 Å². The first-order valence-electron chi connectivity index (χ1n) is 8.81. The van der Waals surface area contributed by atoms with E-state index in [4.69, 9.17) is 4.74 Å². The van der Waals surface area contributed by atoms with Crippen molar-refractivity contribution in [3.8, 4) is 0 Å². The second kappa shape index (κ2) is 10.2. The van der Waals surface area contributed by atoms with Gasteiger partial charge >= 0.3 is 5.97 Å². The van der Waals surface area contributed by atoms with Gasteiger partial charge in [0.25, 0.3) is 5.91 Å². The summed E-state index contributed by atoms with van der Waals surface area (Å²) in [5, 5.41) is 2.71. The number of nitrogens with one attached hydrogen (secondary N) is 1. The molecular weight excluding hydrogens is 500 g/mol. The number of hydrogen-bond acceptors (Lipinski definition) is 4. The summed E-state index contributed by atoms with van der Waals surface area (Å²) in [6.45, 7) is -0.373. The van der Waals surface area contributed by atoms with Gasteiger partial charge in [0, 0.05) is 20.3 Å². The lowest BCUT2D eigenvalue weighted by atomic mass is 10.2. The van der Waals surface area contributed by atoms with Gasteiger partial charge < -0.3 is 15.0 Å². The third-order valence-corrected chi connectivity index (χ3v) is 5.14. The molecule has 5 nitrogen and oxygen atoms in total. The maximum Gasteiger partial charge on any atom is 0.326 e. The maximum atomic E-state index is 12.4. The Kier molecular flexibility index (Phi) is 7.43. The Bertz CT molecular complexity index is 942. The van der Waals surface area contributed by atoms with Crippen LogP contribution in [0.3, 0.4) is 0 Å². The smallest absolute Gasteiger partial charge is 0.326 e. The quantitative estimate of drug-likeness (QED) is 0.418. The minimum absolute atomic E-state index is 0.0106. The number of esters is 1. The van der Waals surface area contributed by atoms with Gasteiger partial charge in [-0.05, 0) is 58.4 Å². The number of anilines is 3. The fourth-order valence-corrected chi connectivity index (χ4v) is 3.79. The van der Waals surface area contributed by atoms with Crippen LogP contribution in [-0.4, -0.2) is 25.0 Å². The van der Waals surface area contributed by atoms with E-state index in [1.54, 1.807) is 6.07 Å². The van der Waals surface area contributed by atoms with Crippen molar-refractivity contribution in [1.29, 1.82) is 0 Å². The molecule has 0 saturated carbocycles. The van der Waals surface area contributed by atoms with E-state index in [-0.39, 0.29) is 13.2 Å². The molecule has 0 aliphatic heterocycles. The van der Waals surface area contributed by atoms with Crippen molar-refractivity contribution in [1.82, 2.24) is 0 Å². The Morgan fingerprint density at radius 2 is 1.45 bits per heavy atom. The SMILES string of the molecule is O=C(COC(=O)CN(c1ccccc1)c1ccccc1)Nc1ccc(Br)cc1Br. The van der Waals surface area contributed by atoms with E-state index in [2.05, 4.69) is 37.2 Å². The highest BCUT2D eigenvalue weighted by Crippen LogP contribution is 2.26. The topological polar surface area (TPSA) is 58.6 Å². The van der Waals surface area contributed by atoms with E-state index in [1.165, 1.54) is 0 Å². The van der Waals surface area contributed by atoms with Crippen LogP contribution in [0, 0.1) is 0 Å². The normalized spacial score (nSPS) is 10.3.